The second kappa shape index (κ2) is 9.94. The summed E-state index contributed by atoms with van der Waals surface area (Å²) in [6.07, 6.45) is -3.86. The summed E-state index contributed by atoms with van der Waals surface area (Å²) in [5.41, 5.74) is -0.117. The first kappa shape index (κ1) is 24.1. The zero-order valence-corrected chi connectivity index (χ0v) is 18.0. The van der Waals surface area contributed by atoms with Crippen LogP contribution < -0.4 is 15.4 Å². The maximum Gasteiger partial charge on any atom is 0.471 e. The number of nitro benzene ring substituents is 1. The Hall–Kier alpha value is -3.55. The molecule has 0 fully saturated rings. The summed E-state index contributed by atoms with van der Waals surface area (Å²) in [5, 5.41) is 16.2. The van der Waals surface area contributed by atoms with Crippen LogP contribution in [0.4, 0.5) is 34.8 Å². The number of rotatable bonds is 8. The molecule has 1 amide bonds. The van der Waals surface area contributed by atoms with Gasteiger partial charge < -0.3 is 15.4 Å². The molecule has 0 spiro atoms. The van der Waals surface area contributed by atoms with Crippen LogP contribution in [0, 0.1) is 15.9 Å². The first-order chi connectivity index (χ1) is 15.6. The summed E-state index contributed by atoms with van der Waals surface area (Å²) in [4.78, 5) is 29.7. The van der Waals surface area contributed by atoms with E-state index in [1.165, 1.54) is 24.5 Å². The summed E-state index contributed by atoms with van der Waals surface area (Å²) in [6, 6.07) is 6.70. The van der Waals surface area contributed by atoms with E-state index in [1.54, 1.807) is 11.4 Å². The SMILES string of the molecule is O=C(NCCCOc1cc2ncnc(Nc3ccc(Br)cc3F)c2cc1[N+](=O)[O-])C(F)(F)F. The molecule has 0 atom stereocenters. The molecule has 0 aliphatic carbocycles. The Morgan fingerprint density at radius 1 is 1.21 bits per heavy atom. The highest BCUT2D eigenvalue weighted by Crippen LogP contribution is 2.35. The molecule has 0 aliphatic rings. The van der Waals surface area contributed by atoms with E-state index < -0.39 is 28.5 Å². The zero-order chi connectivity index (χ0) is 24.2. The van der Waals surface area contributed by atoms with Crippen molar-refractivity contribution in [3.8, 4) is 5.75 Å². The lowest BCUT2D eigenvalue weighted by atomic mass is 10.2. The number of benzene rings is 2. The van der Waals surface area contributed by atoms with Crippen molar-refractivity contribution in [2.75, 3.05) is 18.5 Å². The number of anilines is 2. The van der Waals surface area contributed by atoms with Crippen LogP contribution >= 0.6 is 15.9 Å². The molecule has 0 radical (unpaired) electrons. The molecule has 0 unspecified atom stereocenters. The van der Waals surface area contributed by atoms with Gasteiger partial charge in [-0.25, -0.2) is 14.4 Å². The molecule has 0 saturated carbocycles. The number of amides is 1. The van der Waals surface area contributed by atoms with Gasteiger partial charge in [0.2, 0.25) is 0 Å². The molecule has 0 bridgehead atoms. The molecule has 2 aromatic carbocycles. The number of halogens is 5. The Labute approximate surface area is 191 Å². The van der Waals surface area contributed by atoms with Crippen molar-refractivity contribution in [3.63, 3.8) is 0 Å². The number of fused-ring (bicyclic) bond motifs is 1. The van der Waals surface area contributed by atoms with Crippen molar-refractivity contribution in [2.24, 2.45) is 0 Å². The van der Waals surface area contributed by atoms with Crippen LogP contribution in [0.1, 0.15) is 6.42 Å². The Bertz CT molecular complexity index is 1210. The van der Waals surface area contributed by atoms with Crippen LogP contribution in [-0.2, 0) is 4.79 Å². The number of aromatic nitrogens is 2. The van der Waals surface area contributed by atoms with E-state index >= 15 is 0 Å². The van der Waals surface area contributed by atoms with Crippen molar-refractivity contribution in [1.29, 1.82) is 0 Å². The molecule has 9 nitrogen and oxygen atoms in total. The van der Waals surface area contributed by atoms with E-state index in [-0.39, 0.29) is 47.7 Å². The van der Waals surface area contributed by atoms with Gasteiger partial charge in [0.15, 0.2) is 5.75 Å². The average molecular weight is 532 g/mol. The maximum absolute atomic E-state index is 14.2. The van der Waals surface area contributed by atoms with E-state index in [0.717, 1.165) is 6.07 Å². The quantitative estimate of drug-likeness (QED) is 0.188. The number of carbonyl (C=O) groups excluding carboxylic acids is 1. The number of nitrogens with one attached hydrogen (secondary N) is 2. The molecule has 3 rings (SSSR count). The number of hydrogen-bond donors (Lipinski definition) is 2. The highest BCUT2D eigenvalue weighted by Gasteiger charge is 2.38. The fourth-order valence-electron chi connectivity index (χ4n) is 2.71. The van der Waals surface area contributed by atoms with Crippen LogP contribution in [0.25, 0.3) is 10.9 Å². The van der Waals surface area contributed by atoms with Crippen LogP contribution in [0.5, 0.6) is 5.75 Å². The van der Waals surface area contributed by atoms with Crippen LogP contribution in [0.2, 0.25) is 0 Å². The molecule has 33 heavy (non-hydrogen) atoms. The highest BCUT2D eigenvalue weighted by atomic mass is 79.9. The summed E-state index contributed by atoms with van der Waals surface area (Å²) in [5.74, 6) is -2.72. The van der Waals surface area contributed by atoms with Crippen LogP contribution in [-0.4, -0.2) is 40.1 Å². The van der Waals surface area contributed by atoms with Crippen molar-refractivity contribution >= 4 is 49.9 Å². The van der Waals surface area contributed by atoms with Gasteiger partial charge in [-0.05, 0) is 24.6 Å². The smallest absolute Gasteiger partial charge is 0.471 e. The van der Waals surface area contributed by atoms with E-state index in [0.29, 0.717) is 4.47 Å². The van der Waals surface area contributed by atoms with Gasteiger partial charge in [-0.2, -0.15) is 13.2 Å². The van der Waals surface area contributed by atoms with Crippen LogP contribution in [0.3, 0.4) is 0 Å². The lowest BCUT2D eigenvalue weighted by molar-refractivity contribution is -0.385. The minimum Gasteiger partial charge on any atom is -0.487 e. The number of carbonyl (C=O) groups is 1. The van der Waals surface area contributed by atoms with E-state index in [9.17, 15) is 32.5 Å². The van der Waals surface area contributed by atoms with Crippen molar-refractivity contribution in [1.82, 2.24) is 15.3 Å². The predicted octanol–water partition coefficient (Wildman–Crippen LogP) is 4.63. The molecule has 14 heteroatoms. The lowest BCUT2D eigenvalue weighted by Crippen LogP contribution is -2.37. The Kier molecular flexibility index (Phi) is 7.26. The Balaban J connectivity index is 1.79. The number of nitro groups is 1. The van der Waals surface area contributed by atoms with Gasteiger partial charge in [0.25, 0.3) is 0 Å². The summed E-state index contributed by atoms with van der Waals surface area (Å²) >= 11 is 3.15. The molecule has 0 aliphatic heterocycles. The van der Waals surface area contributed by atoms with E-state index in [4.69, 9.17) is 4.74 Å². The molecular formula is C19H14BrF4N5O4. The molecule has 0 saturated heterocycles. The first-order valence-electron chi connectivity index (χ1n) is 9.19. The number of nitrogens with zero attached hydrogens (tertiary/aromatic N) is 3. The number of alkyl halides is 3. The summed E-state index contributed by atoms with van der Waals surface area (Å²) < 4.78 is 56.5. The summed E-state index contributed by atoms with van der Waals surface area (Å²) in [6.45, 7) is -0.542. The topological polar surface area (TPSA) is 119 Å². The van der Waals surface area contributed by atoms with Gasteiger partial charge in [0.05, 0.1) is 28.1 Å². The average Bonchev–Trinajstić information content (AvgIpc) is 2.74. The van der Waals surface area contributed by atoms with Gasteiger partial charge >= 0.3 is 17.8 Å². The Morgan fingerprint density at radius 2 is 1.97 bits per heavy atom. The molecule has 1 heterocycles. The molecule has 1 aromatic heterocycles. The number of ether oxygens (including phenoxy) is 1. The fraction of sp³-hybridized carbons (Fsp3) is 0.211. The first-order valence-corrected chi connectivity index (χ1v) is 9.98. The van der Waals surface area contributed by atoms with Gasteiger partial charge in [-0.3, -0.25) is 14.9 Å². The zero-order valence-electron chi connectivity index (χ0n) is 16.4. The predicted molar refractivity (Wildman–Crippen MR) is 113 cm³/mol. The largest absolute Gasteiger partial charge is 0.487 e. The fourth-order valence-corrected chi connectivity index (χ4v) is 3.04. The third-order valence-corrected chi connectivity index (χ3v) is 4.71. The van der Waals surface area contributed by atoms with Crippen molar-refractivity contribution < 1.29 is 32.0 Å². The highest BCUT2D eigenvalue weighted by molar-refractivity contribution is 9.10. The second-order valence-corrected chi connectivity index (χ2v) is 7.44. The molecule has 3 aromatic rings. The third kappa shape index (κ3) is 6.03. The normalized spacial score (nSPS) is 11.3. The van der Waals surface area contributed by atoms with Gasteiger partial charge in [-0.15, -0.1) is 0 Å². The summed E-state index contributed by atoms with van der Waals surface area (Å²) in [7, 11) is 0. The van der Waals surface area contributed by atoms with E-state index in [1.807, 2.05) is 0 Å². The van der Waals surface area contributed by atoms with Gasteiger partial charge in [-0.1, -0.05) is 15.9 Å². The third-order valence-electron chi connectivity index (χ3n) is 4.22. The lowest BCUT2D eigenvalue weighted by Gasteiger charge is -2.12. The van der Waals surface area contributed by atoms with Crippen molar-refractivity contribution in [2.45, 2.75) is 12.6 Å². The maximum atomic E-state index is 14.2. The minimum atomic E-state index is -5.00. The monoisotopic (exact) mass is 531 g/mol. The van der Waals surface area contributed by atoms with Crippen molar-refractivity contribution in [3.05, 3.63) is 57.1 Å². The van der Waals surface area contributed by atoms with E-state index in [2.05, 4.69) is 31.2 Å². The molecule has 174 valence electrons. The number of hydrogen-bond acceptors (Lipinski definition) is 7. The van der Waals surface area contributed by atoms with Gasteiger partial charge in [0.1, 0.15) is 18.0 Å². The minimum absolute atomic E-state index is 0.0313. The molecular weight excluding hydrogens is 518 g/mol. The second-order valence-electron chi connectivity index (χ2n) is 6.52. The Morgan fingerprint density at radius 3 is 2.64 bits per heavy atom. The molecule has 2 N–H and O–H groups in total. The van der Waals surface area contributed by atoms with Gasteiger partial charge in [0, 0.05) is 23.2 Å². The van der Waals surface area contributed by atoms with Crippen LogP contribution in [0.15, 0.2) is 41.1 Å². The standard InChI is InChI=1S/C19H14BrF4N5O4/c20-10-2-3-13(12(21)6-10)28-17-11-7-15(29(31)32)16(8-14(11)26-9-27-17)33-5-1-4-25-18(30)19(22,23)24/h2-3,6-9H,1,4-5H2,(H,25,30)(H,26,27,28).